The van der Waals surface area contributed by atoms with Gasteiger partial charge in [0.15, 0.2) is 0 Å². The van der Waals surface area contributed by atoms with Crippen molar-refractivity contribution >= 4 is 11.6 Å². The summed E-state index contributed by atoms with van der Waals surface area (Å²) in [6.45, 7) is 5.06. The first-order valence-electron chi connectivity index (χ1n) is 10.2. The molecule has 0 saturated carbocycles. The van der Waals surface area contributed by atoms with Crippen LogP contribution < -0.4 is 0 Å². The highest BCUT2D eigenvalue weighted by Crippen LogP contribution is 2.34. The molecule has 2 nitrogen and oxygen atoms in total. The van der Waals surface area contributed by atoms with E-state index < -0.39 is 0 Å². The lowest BCUT2D eigenvalue weighted by atomic mass is 10.0. The molecule has 0 spiro atoms. The molecule has 1 heterocycles. The number of nitrogens with zero attached hydrogens (tertiary/aromatic N) is 2. The van der Waals surface area contributed by atoms with E-state index in [2.05, 4.69) is 28.9 Å². The Hall–Kier alpha value is -2.27. The third-order valence-corrected chi connectivity index (χ3v) is 6.14. The van der Waals surface area contributed by atoms with E-state index in [4.69, 9.17) is 11.6 Å². The topological polar surface area (TPSA) is 6.48 Å². The van der Waals surface area contributed by atoms with Crippen LogP contribution in [0.1, 0.15) is 34.8 Å². The van der Waals surface area contributed by atoms with Gasteiger partial charge in [-0.25, -0.2) is 8.78 Å². The van der Waals surface area contributed by atoms with Crippen LogP contribution in [-0.2, 0) is 13.1 Å². The molecule has 1 atom stereocenters. The molecule has 30 heavy (non-hydrogen) atoms. The normalized spacial score (nSPS) is 17.9. The molecule has 0 aliphatic carbocycles. The molecule has 0 amide bonds. The summed E-state index contributed by atoms with van der Waals surface area (Å²) < 4.78 is 28.4. The summed E-state index contributed by atoms with van der Waals surface area (Å²) in [7, 11) is 0. The second-order valence-corrected chi connectivity index (χ2v) is 8.26. The van der Waals surface area contributed by atoms with Crippen molar-refractivity contribution in [1.29, 1.82) is 0 Å². The zero-order valence-electron chi connectivity index (χ0n) is 17.0. The fraction of sp³-hybridized carbons (Fsp3) is 0.280. The highest BCUT2D eigenvalue weighted by atomic mass is 35.5. The van der Waals surface area contributed by atoms with E-state index in [0.717, 1.165) is 31.6 Å². The van der Waals surface area contributed by atoms with E-state index in [1.54, 1.807) is 12.1 Å². The standard InChI is InChI=1S/C25H25ClF2N2/c1-18-7-2-3-8-19(18)16-29-13-6-14-30(17-20-11-12-21(27)15-23(20)26)25(29)22-9-4-5-10-24(22)28/h2-5,7-12,15,25H,6,13-14,16-17H2,1H3. The van der Waals surface area contributed by atoms with Crippen LogP contribution in [-0.4, -0.2) is 22.9 Å². The summed E-state index contributed by atoms with van der Waals surface area (Å²) in [5.74, 6) is -0.566. The summed E-state index contributed by atoms with van der Waals surface area (Å²) in [5.41, 5.74) is 3.96. The fourth-order valence-electron chi connectivity index (χ4n) is 4.24. The molecule has 1 aliphatic heterocycles. The Morgan fingerprint density at radius 1 is 0.867 bits per heavy atom. The van der Waals surface area contributed by atoms with E-state index in [1.165, 1.54) is 29.3 Å². The zero-order chi connectivity index (χ0) is 21.1. The molecule has 0 N–H and O–H groups in total. The van der Waals surface area contributed by atoms with Gasteiger partial charge in [-0.15, -0.1) is 0 Å². The van der Waals surface area contributed by atoms with Crippen molar-refractivity contribution in [3.63, 3.8) is 0 Å². The number of aryl methyl sites for hydroxylation is 1. The van der Waals surface area contributed by atoms with E-state index in [0.29, 0.717) is 17.1 Å². The number of hydrogen-bond donors (Lipinski definition) is 0. The maximum atomic E-state index is 14.9. The zero-order valence-corrected chi connectivity index (χ0v) is 17.7. The highest BCUT2D eigenvalue weighted by Gasteiger charge is 2.32. The predicted octanol–water partition coefficient (Wildman–Crippen LogP) is 6.33. The maximum Gasteiger partial charge on any atom is 0.129 e. The molecule has 156 valence electrons. The molecule has 3 aromatic rings. The summed E-state index contributed by atoms with van der Waals surface area (Å²) in [5, 5.41) is 0.401. The van der Waals surface area contributed by atoms with Crippen molar-refractivity contribution in [2.24, 2.45) is 0 Å². The van der Waals surface area contributed by atoms with Gasteiger partial charge in [0.25, 0.3) is 0 Å². The molecule has 1 aliphatic rings. The third kappa shape index (κ3) is 4.56. The Morgan fingerprint density at radius 2 is 1.53 bits per heavy atom. The largest absolute Gasteiger partial charge is 0.280 e. The van der Waals surface area contributed by atoms with Gasteiger partial charge in [0.2, 0.25) is 0 Å². The first-order chi connectivity index (χ1) is 14.5. The van der Waals surface area contributed by atoms with E-state index >= 15 is 0 Å². The van der Waals surface area contributed by atoms with Crippen molar-refractivity contribution in [1.82, 2.24) is 9.80 Å². The number of benzene rings is 3. The molecular weight excluding hydrogens is 402 g/mol. The smallest absolute Gasteiger partial charge is 0.129 e. The summed E-state index contributed by atoms with van der Waals surface area (Å²) >= 11 is 6.31. The highest BCUT2D eigenvalue weighted by molar-refractivity contribution is 6.31. The quantitative estimate of drug-likeness (QED) is 0.470. The SMILES string of the molecule is Cc1ccccc1CN1CCCN(Cc2ccc(F)cc2Cl)C1c1ccccc1F. The van der Waals surface area contributed by atoms with Gasteiger partial charge in [-0.1, -0.05) is 60.1 Å². The van der Waals surface area contributed by atoms with Crippen LogP contribution in [0, 0.1) is 18.6 Å². The van der Waals surface area contributed by atoms with Crippen LogP contribution in [0.2, 0.25) is 5.02 Å². The van der Waals surface area contributed by atoms with Crippen LogP contribution >= 0.6 is 11.6 Å². The molecule has 1 unspecified atom stereocenters. The van der Waals surface area contributed by atoms with Gasteiger partial charge in [0, 0.05) is 36.8 Å². The van der Waals surface area contributed by atoms with Crippen LogP contribution in [0.5, 0.6) is 0 Å². The molecule has 3 aromatic carbocycles. The van der Waals surface area contributed by atoms with Gasteiger partial charge in [-0.2, -0.15) is 0 Å². The average Bonchev–Trinajstić information content (AvgIpc) is 2.73. The molecule has 0 radical (unpaired) electrons. The number of halogens is 3. The predicted molar refractivity (Wildman–Crippen MR) is 117 cm³/mol. The lowest BCUT2D eigenvalue weighted by Crippen LogP contribution is -2.47. The Balaban J connectivity index is 1.69. The van der Waals surface area contributed by atoms with E-state index in [9.17, 15) is 8.78 Å². The molecule has 5 heteroatoms. The van der Waals surface area contributed by atoms with Crippen LogP contribution in [0.25, 0.3) is 0 Å². The minimum Gasteiger partial charge on any atom is -0.280 e. The van der Waals surface area contributed by atoms with Gasteiger partial charge < -0.3 is 0 Å². The van der Waals surface area contributed by atoms with Crippen molar-refractivity contribution in [3.05, 3.63) is 106 Å². The van der Waals surface area contributed by atoms with Gasteiger partial charge in [0.05, 0.1) is 6.17 Å². The van der Waals surface area contributed by atoms with Crippen molar-refractivity contribution in [2.75, 3.05) is 13.1 Å². The molecule has 4 rings (SSSR count). The van der Waals surface area contributed by atoms with E-state index in [-0.39, 0.29) is 17.8 Å². The van der Waals surface area contributed by atoms with Crippen LogP contribution in [0.15, 0.2) is 66.7 Å². The monoisotopic (exact) mass is 426 g/mol. The second kappa shape index (κ2) is 9.25. The first kappa shape index (κ1) is 21.0. The minimum atomic E-state index is -0.353. The fourth-order valence-corrected chi connectivity index (χ4v) is 4.46. The van der Waals surface area contributed by atoms with E-state index in [1.807, 2.05) is 24.3 Å². The Kier molecular flexibility index (Phi) is 6.47. The van der Waals surface area contributed by atoms with Gasteiger partial charge >= 0.3 is 0 Å². The molecule has 0 aromatic heterocycles. The minimum absolute atomic E-state index is 0.214. The first-order valence-corrected chi connectivity index (χ1v) is 10.6. The molecular formula is C25H25ClF2N2. The molecule has 0 bridgehead atoms. The van der Waals surface area contributed by atoms with Crippen LogP contribution in [0.3, 0.4) is 0 Å². The summed E-state index contributed by atoms with van der Waals surface area (Å²) in [4.78, 5) is 4.56. The van der Waals surface area contributed by atoms with Crippen LogP contribution in [0.4, 0.5) is 8.78 Å². The maximum absolute atomic E-state index is 14.9. The number of hydrogen-bond acceptors (Lipinski definition) is 2. The lowest BCUT2D eigenvalue weighted by molar-refractivity contribution is -0.0112. The van der Waals surface area contributed by atoms with Gasteiger partial charge in [-0.05, 0) is 48.2 Å². The van der Waals surface area contributed by atoms with Crippen molar-refractivity contribution in [2.45, 2.75) is 32.6 Å². The summed E-state index contributed by atoms with van der Waals surface area (Å²) in [6, 6.07) is 19.8. The molecule has 1 saturated heterocycles. The Bertz CT molecular complexity index is 1020. The molecule has 1 fully saturated rings. The Morgan fingerprint density at radius 3 is 2.23 bits per heavy atom. The number of rotatable bonds is 5. The van der Waals surface area contributed by atoms with Crippen molar-refractivity contribution < 1.29 is 8.78 Å². The summed E-state index contributed by atoms with van der Waals surface area (Å²) in [6.07, 6.45) is 0.746. The van der Waals surface area contributed by atoms with Crippen molar-refractivity contribution in [3.8, 4) is 0 Å². The lowest BCUT2D eigenvalue weighted by Gasteiger charge is -2.44. The van der Waals surface area contributed by atoms with Gasteiger partial charge in [-0.3, -0.25) is 9.80 Å². The average molecular weight is 427 g/mol. The second-order valence-electron chi connectivity index (χ2n) is 7.85. The van der Waals surface area contributed by atoms with Gasteiger partial charge in [0.1, 0.15) is 11.6 Å². The Labute approximate surface area is 181 Å². The third-order valence-electron chi connectivity index (χ3n) is 5.79.